The topological polar surface area (TPSA) is 86.6 Å². The molecule has 0 atom stereocenters. The van der Waals surface area contributed by atoms with Gasteiger partial charge in [-0.05, 0) is 23.8 Å². The maximum Gasteiger partial charge on any atom is 0.340 e. The second kappa shape index (κ2) is 7.74. The third kappa shape index (κ3) is 3.82. The second-order valence-electron chi connectivity index (χ2n) is 5.82. The normalized spacial score (nSPS) is 10.4. The summed E-state index contributed by atoms with van der Waals surface area (Å²) in [6, 6.07) is 13.7. The van der Waals surface area contributed by atoms with Crippen molar-refractivity contribution in [2.45, 2.75) is 6.42 Å². The standard InChI is InChI=1S/C20H18N2O5/c1-26-14-7-5-6-13(10-14)11-18(23)21-22-12-17(20(25)27-2)15-8-3-4-9-16(15)19(22)24/h3-10,12H,11H2,1-2H3,(H,21,23). The highest BCUT2D eigenvalue weighted by Gasteiger charge is 2.16. The number of ether oxygens (including phenoxy) is 2. The molecule has 27 heavy (non-hydrogen) atoms. The molecule has 0 saturated heterocycles. The predicted octanol–water partition coefficient (Wildman–Crippen LogP) is 2.11. The summed E-state index contributed by atoms with van der Waals surface area (Å²) in [6.45, 7) is 0. The fourth-order valence-electron chi connectivity index (χ4n) is 2.79. The highest BCUT2D eigenvalue weighted by Crippen LogP contribution is 2.16. The molecule has 0 fully saturated rings. The summed E-state index contributed by atoms with van der Waals surface area (Å²) in [5, 5.41) is 0.773. The molecule has 1 N–H and O–H groups in total. The van der Waals surface area contributed by atoms with Gasteiger partial charge in [0.1, 0.15) is 5.75 Å². The number of amides is 1. The number of esters is 1. The van der Waals surface area contributed by atoms with E-state index >= 15 is 0 Å². The number of nitrogens with one attached hydrogen (secondary N) is 1. The number of pyridine rings is 1. The minimum atomic E-state index is -0.595. The van der Waals surface area contributed by atoms with E-state index in [2.05, 4.69) is 5.43 Å². The maximum absolute atomic E-state index is 12.7. The molecule has 0 radical (unpaired) electrons. The molecule has 1 heterocycles. The number of hydrogen-bond donors (Lipinski definition) is 1. The first kappa shape index (κ1) is 18.2. The molecule has 0 aliphatic carbocycles. The van der Waals surface area contributed by atoms with Crippen LogP contribution in [0.2, 0.25) is 0 Å². The summed E-state index contributed by atoms with van der Waals surface area (Å²) in [7, 11) is 2.80. The number of carbonyl (C=O) groups excluding carboxylic acids is 2. The first-order valence-electron chi connectivity index (χ1n) is 8.19. The van der Waals surface area contributed by atoms with Gasteiger partial charge in [-0.2, -0.15) is 0 Å². The van der Waals surface area contributed by atoms with Crippen LogP contribution in [-0.2, 0) is 16.0 Å². The number of methoxy groups -OCH3 is 2. The second-order valence-corrected chi connectivity index (χ2v) is 5.82. The van der Waals surface area contributed by atoms with Crippen molar-refractivity contribution < 1.29 is 19.1 Å². The van der Waals surface area contributed by atoms with Crippen molar-refractivity contribution in [3.63, 3.8) is 0 Å². The molecule has 0 unspecified atom stereocenters. The number of benzene rings is 2. The lowest BCUT2D eigenvalue weighted by Gasteiger charge is -2.12. The number of hydrogen-bond acceptors (Lipinski definition) is 5. The average molecular weight is 366 g/mol. The quantitative estimate of drug-likeness (QED) is 0.699. The maximum atomic E-state index is 12.7. The van der Waals surface area contributed by atoms with Gasteiger partial charge in [-0.25, -0.2) is 9.47 Å². The molecule has 0 bridgehead atoms. The molecule has 7 heteroatoms. The van der Waals surface area contributed by atoms with Crippen molar-refractivity contribution in [3.8, 4) is 5.75 Å². The number of carbonyl (C=O) groups is 2. The van der Waals surface area contributed by atoms with Gasteiger partial charge in [0.15, 0.2) is 0 Å². The van der Waals surface area contributed by atoms with Crippen molar-refractivity contribution in [1.82, 2.24) is 4.68 Å². The van der Waals surface area contributed by atoms with Gasteiger partial charge in [0.25, 0.3) is 5.56 Å². The summed E-state index contributed by atoms with van der Waals surface area (Å²) < 4.78 is 10.9. The van der Waals surface area contributed by atoms with Gasteiger partial charge in [-0.15, -0.1) is 0 Å². The Morgan fingerprint density at radius 3 is 2.48 bits per heavy atom. The zero-order chi connectivity index (χ0) is 19.4. The molecule has 0 aliphatic rings. The van der Waals surface area contributed by atoms with Crippen molar-refractivity contribution in [2.24, 2.45) is 0 Å². The van der Waals surface area contributed by atoms with Crippen molar-refractivity contribution in [3.05, 3.63) is 76.2 Å². The Morgan fingerprint density at radius 1 is 1.04 bits per heavy atom. The van der Waals surface area contributed by atoms with Gasteiger partial charge in [0.2, 0.25) is 5.91 Å². The first-order chi connectivity index (χ1) is 13.0. The summed E-state index contributed by atoms with van der Waals surface area (Å²) >= 11 is 0. The van der Waals surface area contributed by atoms with E-state index < -0.39 is 17.4 Å². The smallest absolute Gasteiger partial charge is 0.340 e. The van der Waals surface area contributed by atoms with Gasteiger partial charge >= 0.3 is 5.97 Å². The van der Waals surface area contributed by atoms with Crippen LogP contribution in [0.5, 0.6) is 5.75 Å². The lowest BCUT2D eigenvalue weighted by molar-refractivity contribution is -0.116. The highest BCUT2D eigenvalue weighted by atomic mass is 16.5. The van der Waals surface area contributed by atoms with E-state index in [0.29, 0.717) is 16.5 Å². The zero-order valence-electron chi connectivity index (χ0n) is 14.9. The van der Waals surface area contributed by atoms with Crippen LogP contribution < -0.4 is 15.7 Å². The molecular formula is C20H18N2O5. The number of rotatable bonds is 5. The van der Waals surface area contributed by atoms with E-state index in [4.69, 9.17) is 9.47 Å². The molecule has 1 aromatic heterocycles. The van der Waals surface area contributed by atoms with Crippen LogP contribution in [0.1, 0.15) is 15.9 Å². The van der Waals surface area contributed by atoms with E-state index in [-0.39, 0.29) is 12.0 Å². The van der Waals surface area contributed by atoms with Gasteiger partial charge in [0.05, 0.1) is 26.2 Å². The predicted molar refractivity (Wildman–Crippen MR) is 101 cm³/mol. The molecule has 2 aromatic carbocycles. The van der Waals surface area contributed by atoms with E-state index in [1.165, 1.54) is 13.3 Å². The van der Waals surface area contributed by atoms with Gasteiger partial charge < -0.3 is 9.47 Å². The Bertz CT molecular complexity index is 1070. The Labute approximate surface area is 155 Å². The summed E-state index contributed by atoms with van der Waals surface area (Å²) in [4.78, 5) is 37.1. The Morgan fingerprint density at radius 2 is 1.78 bits per heavy atom. The summed E-state index contributed by atoms with van der Waals surface area (Å²) in [6.07, 6.45) is 1.32. The third-order valence-electron chi connectivity index (χ3n) is 4.07. The monoisotopic (exact) mass is 366 g/mol. The molecule has 0 saturated carbocycles. The molecule has 0 aliphatic heterocycles. The van der Waals surface area contributed by atoms with Crippen molar-refractivity contribution >= 4 is 22.6 Å². The van der Waals surface area contributed by atoms with Gasteiger partial charge in [-0.3, -0.25) is 15.0 Å². The van der Waals surface area contributed by atoms with E-state index in [0.717, 1.165) is 10.2 Å². The van der Waals surface area contributed by atoms with Gasteiger partial charge in [-0.1, -0.05) is 30.3 Å². The summed E-state index contributed by atoms with van der Waals surface area (Å²) in [5.74, 6) is -0.366. The Balaban J connectivity index is 1.94. The number of nitrogens with zero attached hydrogens (tertiary/aromatic N) is 1. The molecule has 0 spiro atoms. The molecular weight excluding hydrogens is 348 g/mol. The molecule has 3 rings (SSSR count). The Kier molecular flexibility index (Phi) is 5.21. The van der Waals surface area contributed by atoms with Crippen molar-refractivity contribution in [1.29, 1.82) is 0 Å². The lowest BCUT2D eigenvalue weighted by Crippen LogP contribution is -2.34. The third-order valence-corrected chi connectivity index (χ3v) is 4.07. The first-order valence-corrected chi connectivity index (χ1v) is 8.19. The Hall–Kier alpha value is -3.61. The van der Waals surface area contributed by atoms with Crippen LogP contribution in [0.4, 0.5) is 0 Å². The van der Waals surface area contributed by atoms with Gasteiger partial charge in [0, 0.05) is 17.0 Å². The molecule has 3 aromatic rings. The van der Waals surface area contributed by atoms with Crippen LogP contribution in [0.15, 0.2) is 59.5 Å². The minimum absolute atomic E-state index is 0.0457. The summed E-state index contributed by atoms with van der Waals surface area (Å²) in [5.41, 5.74) is 3.01. The lowest BCUT2D eigenvalue weighted by atomic mass is 10.1. The van der Waals surface area contributed by atoms with E-state index in [1.54, 1.807) is 55.6 Å². The molecule has 1 amide bonds. The zero-order valence-corrected chi connectivity index (χ0v) is 14.9. The largest absolute Gasteiger partial charge is 0.497 e. The highest BCUT2D eigenvalue weighted by molar-refractivity contribution is 6.04. The van der Waals surface area contributed by atoms with Crippen LogP contribution in [0.25, 0.3) is 10.8 Å². The van der Waals surface area contributed by atoms with Crippen LogP contribution in [0.3, 0.4) is 0 Å². The average Bonchev–Trinajstić information content (AvgIpc) is 2.69. The number of aromatic nitrogens is 1. The SMILES string of the molecule is COC(=O)c1cn(NC(=O)Cc2cccc(OC)c2)c(=O)c2ccccc12. The van der Waals surface area contributed by atoms with Crippen LogP contribution in [0, 0.1) is 0 Å². The minimum Gasteiger partial charge on any atom is -0.497 e. The number of fused-ring (bicyclic) bond motifs is 1. The fourth-order valence-corrected chi connectivity index (χ4v) is 2.79. The molecule has 138 valence electrons. The van der Waals surface area contributed by atoms with Crippen LogP contribution in [-0.4, -0.2) is 30.8 Å². The van der Waals surface area contributed by atoms with E-state index in [1.807, 2.05) is 0 Å². The van der Waals surface area contributed by atoms with E-state index in [9.17, 15) is 14.4 Å². The fraction of sp³-hybridized carbons (Fsp3) is 0.150. The van der Waals surface area contributed by atoms with Crippen molar-refractivity contribution in [2.75, 3.05) is 19.6 Å². The van der Waals surface area contributed by atoms with Crippen LogP contribution >= 0.6 is 0 Å². The molecule has 7 nitrogen and oxygen atoms in total.